The first kappa shape index (κ1) is 66.3. The van der Waals surface area contributed by atoms with Crippen LogP contribution in [-0.4, -0.2) is 39.0 Å². The van der Waals surface area contributed by atoms with Crippen molar-refractivity contribution in [1.82, 2.24) is 39.0 Å². The van der Waals surface area contributed by atoms with Gasteiger partial charge in [0, 0.05) is 88.2 Å². The maximum Gasteiger partial charge on any atom is 0.160 e. The van der Waals surface area contributed by atoms with E-state index in [9.17, 15) is 0 Å². The maximum atomic E-state index is 5.36. The molecular weight excluding hydrogens is 1360 g/mol. The summed E-state index contributed by atoms with van der Waals surface area (Å²) in [6.07, 6.45) is 0. The summed E-state index contributed by atoms with van der Waals surface area (Å²) in [7, 11) is 0. The van der Waals surface area contributed by atoms with Crippen LogP contribution in [0, 0.1) is 0 Å². The molecule has 15 aromatic carbocycles. The van der Waals surface area contributed by atoms with Gasteiger partial charge in [0.15, 0.2) is 11.6 Å². The first-order chi connectivity index (χ1) is 55.5. The van der Waals surface area contributed by atoms with E-state index < -0.39 is 0 Å². The molecular formula is C104H68N8. The predicted molar refractivity (Wildman–Crippen MR) is 463 cm³/mol. The molecule has 0 N–H and O–H groups in total. The first-order valence-corrected chi connectivity index (χ1v) is 37.8. The quantitative estimate of drug-likeness (QED) is 0.114. The number of hydrogen-bond acceptors (Lipinski definition) is 6. The number of rotatable bonds is 13. The molecule has 0 radical (unpaired) electrons. The molecule has 6 heterocycles. The molecule has 0 unspecified atom stereocenters. The Hall–Kier alpha value is -15.1. The molecule has 0 spiro atoms. The fourth-order valence-corrected chi connectivity index (χ4v) is 15.8. The fourth-order valence-electron chi connectivity index (χ4n) is 15.8. The highest BCUT2D eigenvalue weighted by atomic mass is 15.0. The van der Waals surface area contributed by atoms with Crippen LogP contribution in [0.25, 0.3) is 200 Å². The van der Waals surface area contributed by atoms with E-state index in [0.717, 1.165) is 167 Å². The Morgan fingerprint density at radius 2 is 0.446 bits per heavy atom. The molecule has 0 amide bonds. The monoisotopic (exact) mass is 1430 g/mol. The van der Waals surface area contributed by atoms with Gasteiger partial charge in [0.2, 0.25) is 0 Å². The molecule has 0 fully saturated rings. The lowest BCUT2D eigenvalue weighted by molar-refractivity contribution is 1.18. The zero-order valence-electron chi connectivity index (χ0n) is 60.8. The Kier molecular flexibility index (Phi) is 17.1. The summed E-state index contributed by atoms with van der Waals surface area (Å²) >= 11 is 0. The van der Waals surface area contributed by atoms with E-state index >= 15 is 0 Å². The van der Waals surface area contributed by atoms with Crippen molar-refractivity contribution in [3.8, 4) is 135 Å². The van der Waals surface area contributed by atoms with Gasteiger partial charge in [-0.15, -0.1) is 0 Å². The van der Waals surface area contributed by atoms with Crippen LogP contribution in [0.15, 0.2) is 413 Å². The minimum Gasteiger partial charge on any atom is -0.308 e. The highest BCUT2D eigenvalue weighted by molar-refractivity contribution is 6.24. The molecule has 0 saturated heterocycles. The van der Waals surface area contributed by atoms with Crippen LogP contribution in [0.5, 0.6) is 0 Å². The van der Waals surface area contributed by atoms with Crippen molar-refractivity contribution in [2.75, 3.05) is 0 Å². The van der Waals surface area contributed by atoms with Gasteiger partial charge >= 0.3 is 0 Å². The highest BCUT2D eigenvalue weighted by Crippen LogP contribution is 2.45. The molecule has 21 aromatic rings. The molecule has 0 saturated carbocycles. The molecule has 0 aliphatic heterocycles. The minimum atomic E-state index is 0.663. The summed E-state index contributed by atoms with van der Waals surface area (Å²) in [6, 6.07) is 144. The summed E-state index contributed by atoms with van der Waals surface area (Å²) in [5.41, 5.74) is 29.2. The Balaban J connectivity index is 0.000000147. The van der Waals surface area contributed by atoms with Crippen LogP contribution in [0.1, 0.15) is 0 Å². The van der Waals surface area contributed by atoms with Gasteiger partial charge in [-0.05, 0) is 112 Å². The largest absolute Gasteiger partial charge is 0.308 e. The van der Waals surface area contributed by atoms with Crippen LogP contribution in [0.3, 0.4) is 0 Å². The van der Waals surface area contributed by atoms with Crippen LogP contribution < -0.4 is 0 Å². The van der Waals surface area contributed by atoms with Gasteiger partial charge in [-0.1, -0.05) is 334 Å². The lowest BCUT2D eigenvalue weighted by atomic mass is 9.99. The van der Waals surface area contributed by atoms with Crippen molar-refractivity contribution in [2.24, 2.45) is 0 Å². The zero-order valence-corrected chi connectivity index (χ0v) is 60.8. The van der Waals surface area contributed by atoms with Crippen LogP contribution >= 0.6 is 0 Å². The van der Waals surface area contributed by atoms with Crippen molar-refractivity contribution >= 4 is 65.4 Å². The lowest BCUT2D eigenvalue weighted by Crippen LogP contribution is -1.97. The van der Waals surface area contributed by atoms with Crippen molar-refractivity contribution in [3.05, 3.63) is 413 Å². The fraction of sp³-hybridized carbons (Fsp3) is 0. The number of benzene rings is 15. The Labute approximate surface area is 647 Å². The molecule has 0 aliphatic carbocycles. The number of pyridine rings is 2. The molecule has 0 aliphatic rings. The van der Waals surface area contributed by atoms with Crippen molar-refractivity contribution < 1.29 is 0 Å². The number of nitrogens with zero attached hydrogens (tertiary/aromatic N) is 8. The van der Waals surface area contributed by atoms with E-state index in [2.05, 4.69) is 385 Å². The third-order valence-corrected chi connectivity index (χ3v) is 21.2. The summed E-state index contributed by atoms with van der Waals surface area (Å²) in [5, 5.41) is 6.86. The summed E-state index contributed by atoms with van der Waals surface area (Å²) in [4.78, 5) is 31.5. The average Bonchev–Trinajstić information content (AvgIpc) is 1.56. The second-order valence-corrected chi connectivity index (χ2v) is 28.1. The highest BCUT2D eigenvalue weighted by Gasteiger charge is 2.24. The van der Waals surface area contributed by atoms with Gasteiger partial charge in [-0.3, -0.25) is 0 Å². The van der Waals surface area contributed by atoms with Gasteiger partial charge in [-0.2, -0.15) is 0 Å². The SMILES string of the molecule is c1ccc(-c2cccc(-c3cc(-c4cccc(-c5ccccc5)c4)nc(-c4ccc(-c5nc6ccccc6c6c5c5ccccc5n6-c5ccccc5)cc4)n3)c2)cc1.c1ccc(-c2cccc(-c3nc(-c4ccccc4)cc(-c4ccc(-c5nc6ccccc6c6c5c5ccccc5n6-c5ccccc5)cc4)n3)c2)cc1. The van der Waals surface area contributed by atoms with E-state index in [1.54, 1.807) is 0 Å². The van der Waals surface area contributed by atoms with Gasteiger partial charge < -0.3 is 9.13 Å². The van der Waals surface area contributed by atoms with Gasteiger partial charge in [0.25, 0.3) is 0 Å². The topological polar surface area (TPSA) is 87.2 Å². The van der Waals surface area contributed by atoms with Crippen LogP contribution in [0.4, 0.5) is 0 Å². The van der Waals surface area contributed by atoms with Crippen LogP contribution in [-0.2, 0) is 0 Å². The van der Waals surface area contributed by atoms with Crippen molar-refractivity contribution in [3.63, 3.8) is 0 Å². The van der Waals surface area contributed by atoms with E-state index in [1.165, 1.54) is 21.9 Å². The molecule has 8 heteroatoms. The molecule has 0 atom stereocenters. The summed E-state index contributed by atoms with van der Waals surface area (Å²) in [5.74, 6) is 1.35. The standard InChI is InChI=1S/C55H36N4.C49H32N4/c1-4-16-37(17-5-1)41-20-14-22-43(34-41)49-36-50(44-23-15-21-42(35-44)38-18-6-2-7-19-38)58-55(57-49)40-32-30-39(31-33-40)53-52-47-27-11-13-29-51(47)59(45-24-8-3-9-25-45)54(52)46-26-10-12-28-48(46)56-53;1-4-15-33(16-5-1)37-19-14-20-38(31-37)49-51-43(34-17-6-2-7-18-34)32-44(52-49)35-27-29-36(30-28-35)47-46-41-24-11-13-26-45(41)53(39-21-8-3-9-22-39)48(46)40-23-10-12-25-42(40)50-47/h1-36H;1-32H. The Morgan fingerprint density at radius 3 is 0.857 bits per heavy atom. The van der Waals surface area contributed by atoms with E-state index in [0.29, 0.717) is 11.6 Å². The smallest absolute Gasteiger partial charge is 0.160 e. The molecule has 0 bridgehead atoms. The summed E-state index contributed by atoms with van der Waals surface area (Å²) < 4.78 is 4.76. The minimum absolute atomic E-state index is 0.663. The molecule has 6 aromatic heterocycles. The van der Waals surface area contributed by atoms with E-state index in [4.69, 9.17) is 29.9 Å². The normalized spacial score (nSPS) is 11.4. The van der Waals surface area contributed by atoms with Crippen molar-refractivity contribution in [1.29, 1.82) is 0 Å². The van der Waals surface area contributed by atoms with Gasteiger partial charge in [0.1, 0.15) is 0 Å². The van der Waals surface area contributed by atoms with Gasteiger partial charge in [-0.25, -0.2) is 29.9 Å². The number of hydrogen-bond donors (Lipinski definition) is 0. The number of fused-ring (bicyclic) bond motifs is 10. The number of aromatic nitrogens is 8. The molecule has 21 rings (SSSR count). The predicted octanol–water partition coefficient (Wildman–Crippen LogP) is 26.6. The third-order valence-electron chi connectivity index (χ3n) is 21.2. The molecule has 112 heavy (non-hydrogen) atoms. The molecule has 524 valence electrons. The van der Waals surface area contributed by atoms with E-state index in [1.807, 2.05) is 36.4 Å². The Morgan fingerprint density at radius 1 is 0.170 bits per heavy atom. The third kappa shape index (κ3) is 12.5. The maximum absolute atomic E-state index is 5.36. The first-order valence-electron chi connectivity index (χ1n) is 37.8. The van der Waals surface area contributed by atoms with Crippen LogP contribution in [0.2, 0.25) is 0 Å². The van der Waals surface area contributed by atoms with Crippen molar-refractivity contribution in [2.45, 2.75) is 0 Å². The second kappa shape index (κ2) is 28.9. The Bertz CT molecular complexity index is 6970. The lowest BCUT2D eigenvalue weighted by Gasteiger charge is -2.13. The summed E-state index contributed by atoms with van der Waals surface area (Å²) in [6.45, 7) is 0. The average molecular weight is 1430 g/mol. The second-order valence-electron chi connectivity index (χ2n) is 28.1. The van der Waals surface area contributed by atoms with Gasteiger partial charge in [0.05, 0.1) is 67.3 Å². The zero-order chi connectivity index (χ0) is 74.3. The van der Waals surface area contributed by atoms with E-state index in [-0.39, 0.29) is 0 Å². The number of para-hydroxylation sites is 6. The molecule has 8 nitrogen and oxygen atoms in total.